The van der Waals surface area contributed by atoms with Crippen LogP contribution in [-0.2, 0) is 27.3 Å². The maximum Gasteiger partial charge on any atom is 0.337 e. The first-order valence-electron chi connectivity index (χ1n) is 9.29. The highest BCUT2D eigenvalue weighted by molar-refractivity contribution is 5.94. The van der Waals surface area contributed by atoms with Crippen molar-refractivity contribution in [2.75, 3.05) is 7.11 Å². The molecular formula is C23H21NO6. The van der Waals surface area contributed by atoms with Crippen molar-refractivity contribution in [3.05, 3.63) is 95.4 Å². The molecule has 0 aliphatic rings. The quantitative estimate of drug-likeness (QED) is 0.577. The van der Waals surface area contributed by atoms with Crippen LogP contribution in [0.15, 0.2) is 77.4 Å². The maximum absolute atomic E-state index is 12.7. The molecule has 0 fully saturated rings. The second-order valence-electron chi connectivity index (χ2n) is 6.49. The lowest BCUT2D eigenvalue weighted by Crippen LogP contribution is -2.43. The fourth-order valence-electron chi connectivity index (χ4n) is 2.79. The average molecular weight is 407 g/mol. The lowest BCUT2D eigenvalue weighted by atomic mass is 10.1. The van der Waals surface area contributed by atoms with Gasteiger partial charge in [0.15, 0.2) is 5.76 Å². The summed E-state index contributed by atoms with van der Waals surface area (Å²) >= 11 is 0. The Balaban J connectivity index is 1.66. The molecule has 0 spiro atoms. The molecule has 1 amide bonds. The van der Waals surface area contributed by atoms with Crippen molar-refractivity contribution >= 4 is 17.8 Å². The van der Waals surface area contributed by atoms with Crippen LogP contribution in [0.5, 0.6) is 0 Å². The molecule has 3 rings (SSSR count). The third-order valence-corrected chi connectivity index (χ3v) is 4.37. The standard InChI is InChI=1S/C23H21NO6/c1-28-22(26)18-11-9-17(10-12-18)15-30-23(27)19(14-16-6-3-2-4-7-16)24-21(25)20-8-5-13-29-20/h2-13,19H,14-15H2,1H3,(H,24,25). The first kappa shape index (κ1) is 20.9. The van der Waals surface area contributed by atoms with Gasteiger partial charge in [-0.15, -0.1) is 0 Å². The van der Waals surface area contributed by atoms with E-state index in [9.17, 15) is 14.4 Å². The van der Waals surface area contributed by atoms with Gasteiger partial charge in [-0.1, -0.05) is 42.5 Å². The van der Waals surface area contributed by atoms with Crippen LogP contribution in [0.3, 0.4) is 0 Å². The molecule has 7 nitrogen and oxygen atoms in total. The molecule has 0 radical (unpaired) electrons. The molecule has 7 heteroatoms. The predicted molar refractivity (Wildman–Crippen MR) is 108 cm³/mol. The summed E-state index contributed by atoms with van der Waals surface area (Å²) in [4.78, 5) is 36.6. The summed E-state index contributed by atoms with van der Waals surface area (Å²) in [5.41, 5.74) is 1.98. The highest BCUT2D eigenvalue weighted by atomic mass is 16.5. The Morgan fingerprint density at radius 1 is 0.933 bits per heavy atom. The smallest absolute Gasteiger partial charge is 0.337 e. The molecular weight excluding hydrogens is 386 g/mol. The monoisotopic (exact) mass is 407 g/mol. The van der Waals surface area contributed by atoms with Gasteiger partial charge in [0.1, 0.15) is 12.6 Å². The second-order valence-corrected chi connectivity index (χ2v) is 6.49. The van der Waals surface area contributed by atoms with Crippen LogP contribution < -0.4 is 5.32 Å². The molecule has 0 saturated carbocycles. The first-order chi connectivity index (χ1) is 14.6. The van der Waals surface area contributed by atoms with Crippen LogP contribution in [0.2, 0.25) is 0 Å². The van der Waals surface area contributed by atoms with Crippen LogP contribution in [-0.4, -0.2) is 31.0 Å². The van der Waals surface area contributed by atoms with E-state index in [2.05, 4.69) is 10.1 Å². The molecule has 1 aromatic heterocycles. The fraction of sp³-hybridized carbons (Fsp3) is 0.174. The number of esters is 2. The number of benzene rings is 2. The van der Waals surface area contributed by atoms with Crippen molar-refractivity contribution in [3.63, 3.8) is 0 Å². The van der Waals surface area contributed by atoms with E-state index in [-0.39, 0.29) is 18.8 Å². The SMILES string of the molecule is COC(=O)c1ccc(COC(=O)C(Cc2ccccc2)NC(=O)c2ccco2)cc1. The number of amides is 1. The molecule has 3 aromatic rings. The zero-order chi connectivity index (χ0) is 21.3. The van der Waals surface area contributed by atoms with Gasteiger partial charge in [0.25, 0.3) is 5.91 Å². The first-order valence-corrected chi connectivity index (χ1v) is 9.29. The Bertz CT molecular complexity index is 980. The molecule has 0 bridgehead atoms. The number of furan rings is 1. The van der Waals surface area contributed by atoms with Gasteiger partial charge in [0, 0.05) is 6.42 Å². The van der Waals surface area contributed by atoms with Gasteiger partial charge in [-0.2, -0.15) is 0 Å². The summed E-state index contributed by atoms with van der Waals surface area (Å²) < 4.78 is 15.2. The summed E-state index contributed by atoms with van der Waals surface area (Å²) in [6.07, 6.45) is 1.66. The largest absolute Gasteiger partial charge is 0.465 e. The minimum Gasteiger partial charge on any atom is -0.465 e. The Morgan fingerprint density at radius 3 is 2.30 bits per heavy atom. The lowest BCUT2D eigenvalue weighted by molar-refractivity contribution is -0.147. The molecule has 1 heterocycles. The van der Waals surface area contributed by atoms with Crippen molar-refractivity contribution in [3.8, 4) is 0 Å². The Morgan fingerprint density at radius 2 is 1.67 bits per heavy atom. The van der Waals surface area contributed by atoms with Gasteiger partial charge in [-0.05, 0) is 35.4 Å². The fourth-order valence-corrected chi connectivity index (χ4v) is 2.79. The Kier molecular flexibility index (Phi) is 7.00. The van der Waals surface area contributed by atoms with E-state index in [1.807, 2.05) is 30.3 Å². The van der Waals surface area contributed by atoms with Crippen molar-refractivity contribution in [2.24, 2.45) is 0 Å². The van der Waals surface area contributed by atoms with Crippen LogP contribution in [0.4, 0.5) is 0 Å². The second kappa shape index (κ2) is 10.1. The summed E-state index contributed by atoms with van der Waals surface area (Å²) in [5.74, 6) is -1.41. The number of ether oxygens (including phenoxy) is 2. The predicted octanol–water partition coefficient (Wildman–Crippen LogP) is 3.15. The van der Waals surface area contributed by atoms with Gasteiger partial charge >= 0.3 is 11.9 Å². The zero-order valence-corrected chi connectivity index (χ0v) is 16.4. The van der Waals surface area contributed by atoms with E-state index < -0.39 is 23.9 Å². The molecule has 0 aliphatic heterocycles. The molecule has 30 heavy (non-hydrogen) atoms. The van der Waals surface area contributed by atoms with Crippen LogP contribution in [0.1, 0.15) is 32.0 Å². The van der Waals surface area contributed by atoms with Crippen molar-refractivity contribution in [1.82, 2.24) is 5.32 Å². The molecule has 154 valence electrons. The third kappa shape index (κ3) is 5.57. The van der Waals surface area contributed by atoms with E-state index in [4.69, 9.17) is 9.15 Å². The van der Waals surface area contributed by atoms with Crippen molar-refractivity contribution in [2.45, 2.75) is 19.1 Å². The third-order valence-electron chi connectivity index (χ3n) is 4.37. The average Bonchev–Trinajstić information content (AvgIpc) is 3.32. The normalized spacial score (nSPS) is 11.4. The van der Waals surface area contributed by atoms with Gasteiger partial charge in [-0.3, -0.25) is 4.79 Å². The van der Waals surface area contributed by atoms with Crippen molar-refractivity contribution in [1.29, 1.82) is 0 Å². The zero-order valence-electron chi connectivity index (χ0n) is 16.4. The summed E-state index contributed by atoms with van der Waals surface area (Å²) in [6.45, 7) is 0.00218. The van der Waals surface area contributed by atoms with E-state index in [0.717, 1.165) is 5.56 Å². The maximum atomic E-state index is 12.7. The van der Waals surface area contributed by atoms with Gasteiger partial charge in [0.05, 0.1) is 18.9 Å². The van der Waals surface area contributed by atoms with E-state index in [1.165, 1.54) is 19.4 Å². The topological polar surface area (TPSA) is 94.8 Å². The number of hydrogen-bond donors (Lipinski definition) is 1. The van der Waals surface area contributed by atoms with Crippen LogP contribution >= 0.6 is 0 Å². The summed E-state index contributed by atoms with van der Waals surface area (Å²) in [6, 6.07) is 18.1. The number of carbonyl (C=O) groups excluding carboxylic acids is 3. The molecule has 1 unspecified atom stereocenters. The van der Waals surface area contributed by atoms with E-state index in [0.29, 0.717) is 11.1 Å². The summed E-state index contributed by atoms with van der Waals surface area (Å²) in [5, 5.41) is 2.67. The number of rotatable bonds is 8. The Hall–Kier alpha value is -3.87. The van der Waals surface area contributed by atoms with Crippen LogP contribution in [0, 0.1) is 0 Å². The molecule has 0 saturated heterocycles. The molecule has 1 atom stereocenters. The van der Waals surface area contributed by atoms with Gasteiger partial charge in [0.2, 0.25) is 0 Å². The van der Waals surface area contributed by atoms with Gasteiger partial charge in [-0.25, -0.2) is 9.59 Å². The number of hydrogen-bond acceptors (Lipinski definition) is 6. The minimum absolute atomic E-state index is 0.00218. The highest BCUT2D eigenvalue weighted by Crippen LogP contribution is 2.10. The summed E-state index contributed by atoms with van der Waals surface area (Å²) in [7, 11) is 1.31. The molecule has 0 aliphatic carbocycles. The Labute approximate surface area is 173 Å². The number of methoxy groups -OCH3 is 1. The number of carbonyl (C=O) groups is 3. The van der Waals surface area contributed by atoms with Crippen molar-refractivity contribution < 1.29 is 28.3 Å². The minimum atomic E-state index is -0.889. The van der Waals surface area contributed by atoms with E-state index >= 15 is 0 Å². The molecule has 2 aromatic carbocycles. The van der Waals surface area contributed by atoms with E-state index in [1.54, 1.807) is 30.3 Å². The number of nitrogens with one attached hydrogen (secondary N) is 1. The highest BCUT2D eigenvalue weighted by Gasteiger charge is 2.24. The van der Waals surface area contributed by atoms with Crippen LogP contribution in [0.25, 0.3) is 0 Å². The molecule has 1 N–H and O–H groups in total. The van der Waals surface area contributed by atoms with Gasteiger partial charge < -0.3 is 19.2 Å². The lowest BCUT2D eigenvalue weighted by Gasteiger charge is -2.17.